The minimum Gasteiger partial charge on any atom is -0.488 e. The third-order valence-corrected chi connectivity index (χ3v) is 2.83. The van der Waals surface area contributed by atoms with Crippen molar-refractivity contribution in [3.8, 4) is 5.75 Å². The maximum Gasteiger partial charge on any atom is 0.133 e. The van der Waals surface area contributed by atoms with Crippen LogP contribution < -0.4 is 4.74 Å². The van der Waals surface area contributed by atoms with Crippen LogP contribution in [-0.2, 0) is 4.74 Å². The molecule has 0 N–H and O–H groups in total. The zero-order valence-corrected chi connectivity index (χ0v) is 10.0. The minimum absolute atomic E-state index is 0.197. The molecule has 0 aliphatic carbocycles. The van der Waals surface area contributed by atoms with Gasteiger partial charge in [0.15, 0.2) is 0 Å². The highest BCUT2D eigenvalue weighted by Gasteiger charge is 2.29. The molecule has 1 aliphatic rings. The maximum absolute atomic E-state index is 8.39. The number of nitrogens with zero attached hydrogens (tertiary/aromatic N) is 3. The zero-order valence-electron chi connectivity index (χ0n) is 8.41. The molecule has 0 aromatic heterocycles. The summed E-state index contributed by atoms with van der Waals surface area (Å²) in [5, 5.41) is 3.64. The number of benzene rings is 1. The first-order chi connectivity index (χ1) is 7.79. The van der Waals surface area contributed by atoms with Gasteiger partial charge in [-0.3, -0.25) is 0 Å². The fourth-order valence-electron chi connectivity index (χ4n) is 1.50. The SMILES string of the molecule is [N-]=[N+]=NC1COCC1Oc1ccc(Br)cc1. The molecule has 2 atom stereocenters. The Morgan fingerprint density at radius 1 is 1.38 bits per heavy atom. The molecule has 0 saturated carbocycles. The summed E-state index contributed by atoms with van der Waals surface area (Å²) in [7, 11) is 0. The van der Waals surface area contributed by atoms with Gasteiger partial charge in [0.25, 0.3) is 0 Å². The largest absolute Gasteiger partial charge is 0.488 e. The van der Waals surface area contributed by atoms with Crippen LogP contribution in [0.1, 0.15) is 0 Å². The highest BCUT2D eigenvalue weighted by Crippen LogP contribution is 2.21. The summed E-state index contributed by atoms with van der Waals surface area (Å²) < 4.78 is 11.9. The van der Waals surface area contributed by atoms with E-state index < -0.39 is 0 Å². The molecule has 5 nitrogen and oxygen atoms in total. The van der Waals surface area contributed by atoms with Gasteiger partial charge in [0.1, 0.15) is 11.9 Å². The fourth-order valence-corrected chi connectivity index (χ4v) is 1.76. The summed E-state index contributed by atoms with van der Waals surface area (Å²) in [5.41, 5.74) is 8.39. The lowest BCUT2D eigenvalue weighted by Gasteiger charge is -2.15. The molecule has 2 unspecified atom stereocenters. The van der Waals surface area contributed by atoms with Crippen molar-refractivity contribution < 1.29 is 9.47 Å². The van der Waals surface area contributed by atoms with E-state index in [1.54, 1.807) is 0 Å². The van der Waals surface area contributed by atoms with Gasteiger partial charge in [0.2, 0.25) is 0 Å². The van der Waals surface area contributed by atoms with Crippen LogP contribution in [0.25, 0.3) is 10.4 Å². The Morgan fingerprint density at radius 3 is 2.81 bits per heavy atom. The van der Waals surface area contributed by atoms with Crippen molar-refractivity contribution in [3.05, 3.63) is 39.2 Å². The molecule has 1 aliphatic heterocycles. The molecular weight excluding hydrogens is 274 g/mol. The summed E-state index contributed by atoms with van der Waals surface area (Å²) in [6.07, 6.45) is -0.197. The van der Waals surface area contributed by atoms with Crippen LogP contribution in [0.15, 0.2) is 33.9 Å². The normalized spacial score (nSPS) is 23.8. The molecule has 0 amide bonds. The Morgan fingerprint density at radius 2 is 2.12 bits per heavy atom. The number of ether oxygens (including phenoxy) is 2. The van der Waals surface area contributed by atoms with Gasteiger partial charge in [-0.2, -0.15) is 0 Å². The van der Waals surface area contributed by atoms with E-state index in [0.717, 1.165) is 10.2 Å². The summed E-state index contributed by atoms with van der Waals surface area (Å²) in [4.78, 5) is 2.78. The van der Waals surface area contributed by atoms with Crippen molar-refractivity contribution in [2.24, 2.45) is 5.11 Å². The summed E-state index contributed by atoms with van der Waals surface area (Å²) in [6, 6.07) is 7.26. The van der Waals surface area contributed by atoms with E-state index >= 15 is 0 Å². The van der Waals surface area contributed by atoms with Crippen molar-refractivity contribution in [1.29, 1.82) is 0 Å². The molecule has 84 valence electrons. The lowest BCUT2D eigenvalue weighted by Crippen LogP contribution is -2.28. The van der Waals surface area contributed by atoms with Crippen LogP contribution in [0.4, 0.5) is 0 Å². The number of hydrogen-bond acceptors (Lipinski definition) is 3. The van der Waals surface area contributed by atoms with Gasteiger partial charge in [0, 0.05) is 9.38 Å². The Bertz CT molecular complexity index is 403. The smallest absolute Gasteiger partial charge is 0.133 e. The zero-order chi connectivity index (χ0) is 11.4. The lowest BCUT2D eigenvalue weighted by molar-refractivity contribution is 0.140. The number of halogens is 1. The van der Waals surface area contributed by atoms with Gasteiger partial charge in [-0.05, 0) is 29.8 Å². The van der Waals surface area contributed by atoms with E-state index in [1.807, 2.05) is 24.3 Å². The van der Waals surface area contributed by atoms with Crippen molar-refractivity contribution in [3.63, 3.8) is 0 Å². The summed E-state index contributed by atoms with van der Waals surface area (Å²) in [6.45, 7) is 0.880. The summed E-state index contributed by atoms with van der Waals surface area (Å²) in [5.74, 6) is 0.747. The van der Waals surface area contributed by atoms with E-state index in [9.17, 15) is 0 Å². The van der Waals surface area contributed by atoms with Crippen LogP contribution in [0.5, 0.6) is 5.75 Å². The standard InChI is InChI=1S/C10H10BrN3O2/c11-7-1-3-8(4-2-7)16-10-6-15-5-9(10)13-14-12/h1-4,9-10H,5-6H2. The number of rotatable bonds is 3. The highest BCUT2D eigenvalue weighted by atomic mass is 79.9. The van der Waals surface area contributed by atoms with Crippen molar-refractivity contribution in [2.45, 2.75) is 12.1 Å². The molecule has 6 heteroatoms. The number of azide groups is 1. The predicted molar refractivity (Wildman–Crippen MR) is 62.3 cm³/mol. The molecule has 0 spiro atoms. The van der Waals surface area contributed by atoms with E-state index in [4.69, 9.17) is 15.0 Å². The highest BCUT2D eigenvalue weighted by molar-refractivity contribution is 9.10. The third kappa shape index (κ3) is 2.66. The Labute approximate surface area is 101 Å². The van der Waals surface area contributed by atoms with E-state index in [-0.39, 0.29) is 12.1 Å². The molecular formula is C10H10BrN3O2. The van der Waals surface area contributed by atoms with Gasteiger partial charge in [-0.1, -0.05) is 21.0 Å². The third-order valence-electron chi connectivity index (χ3n) is 2.30. The van der Waals surface area contributed by atoms with Gasteiger partial charge in [0.05, 0.1) is 19.3 Å². The van der Waals surface area contributed by atoms with Crippen LogP contribution in [0.2, 0.25) is 0 Å². The van der Waals surface area contributed by atoms with Crippen molar-refractivity contribution in [2.75, 3.05) is 13.2 Å². The molecule has 16 heavy (non-hydrogen) atoms. The Hall–Kier alpha value is -1.23. The monoisotopic (exact) mass is 283 g/mol. The lowest BCUT2D eigenvalue weighted by atomic mass is 10.2. The fraction of sp³-hybridized carbons (Fsp3) is 0.400. The quantitative estimate of drug-likeness (QED) is 0.486. The second-order valence-corrected chi connectivity index (χ2v) is 4.34. The first kappa shape index (κ1) is 11.3. The molecule has 0 radical (unpaired) electrons. The Kier molecular flexibility index (Phi) is 3.66. The molecule has 1 saturated heterocycles. The predicted octanol–water partition coefficient (Wildman–Crippen LogP) is 2.91. The molecule has 1 fully saturated rings. The van der Waals surface area contributed by atoms with E-state index in [1.165, 1.54) is 0 Å². The van der Waals surface area contributed by atoms with Gasteiger partial charge >= 0.3 is 0 Å². The van der Waals surface area contributed by atoms with Crippen molar-refractivity contribution in [1.82, 2.24) is 0 Å². The molecule has 2 rings (SSSR count). The first-order valence-electron chi connectivity index (χ1n) is 4.84. The van der Waals surface area contributed by atoms with E-state index in [0.29, 0.717) is 13.2 Å². The molecule has 1 heterocycles. The molecule has 1 aromatic carbocycles. The second-order valence-electron chi connectivity index (χ2n) is 3.42. The van der Waals surface area contributed by atoms with Crippen LogP contribution in [0.3, 0.4) is 0 Å². The molecule has 1 aromatic rings. The van der Waals surface area contributed by atoms with Gasteiger partial charge in [-0.15, -0.1) is 0 Å². The second kappa shape index (κ2) is 5.21. The van der Waals surface area contributed by atoms with Gasteiger partial charge in [-0.25, -0.2) is 0 Å². The maximum atomic E-state index is 8.39. The summed E-state index contributed by atoms with van der Waals surface area (Å²) >= 11 is 3.35. The average molecular weight is 284 g/mol. The number of hydrogen-bond donors (Lipinski definition) is 0. The first-order valence-corrected chi connectivity index (χ1v) is 5.63. The topological polar surface area (TPSA) is 67.2 Å². The average Bonchev–Trinajstić information content (AvgIpc) is 2.70. The van der Waals surface area contributed by atoms with E-state index in [2.05, 4.69) is 26.0 Å². The van der Waals surface area contributed by atoms with Crippen LogP contribution in [-0.4, -0.2) is 25.4 Å². The Balaban J connectivity index is 2.03. The minimum atomic E-state index is -0.242. The van der Waals surface area contributed by atoms with Gasteiger partial charge < -0.3 is 9.47 Å². The van der Waals surface area contributed by atoms with Crippen molar-refractivity contribution >= 4 is 15.9 Å². The van der Waals surface area contributed by atoms with Crippen LogP contribution >= 0.6 is 15.9 Å². The molecule has 0 bridgehead atoms. The van der Waals surface area contributed by atoms with Crippen LogP contribution in [0, 0.1) is 0 Å².